The summed E-state index contributed by atoms with van der Waals surface area (Å²) in [5.41, 5.74) is 2.70. The molecule has 156 valence electrons. The average molecular weight is 406 g/mol. The fourth-order valence-electron chi connectivity index (χ4n) is 4.35. The molecule has 3 aromatic rings. The van der Waals surface area contributed by atoms with Crippen molar-refractivity contribution in [2.75, 3.05) is 27.3 Å². The van der Waals surface area contributed by atoms with Gasteiger partial charge < -0.3 is 14.6 Å². The van der Waals surface area contributed by atoms with E-state index < -0.39 is 11.9 Å². The van der Waals surface area contributed by atoms with Gasteiger partial charge in [-0.25, -0.2) is 0 Å². The first-order chi connectivity index (χ1) is 14.6. The second kappa shape index (κ2) is 8.71. The maximum Gasteiger partial charge on any atom is 0.307 e. The van der Waals surface area contributed by atoms with Gasteiger partial charge in [0, 0.05) is 17.5 Å². The largest absolute Gasteiger partial charge is 0.493 e. The lowest BCUT2D eigenvalue weighted by molar-refractivity contribution is -0.143. The van der Waals surface area contributed by atoms with Gasteiger partial charge in [0.25, 0.3) is 0 Å². The van der Waals surface area contributed by atoms with Gasteiger partial charge in [0.2, 0.25) is 0 Å². The Kier molecular flexibility index (Phi) is 5.86. The number of likely N-dealkylation sites (tertiary alicyclic amines) is 1. The molecule has 1 saturated heterocycles. The first kappa shape index (κ1) is 20.2. The topological polar surface area (TPSA) is 71.9 Å². The smallest absolute Gasteiger partial charge is 0.307 e. The van der Waals surface area contributed by atoms with E-state index in [2.05, 4.69) is 11.0 Å². The Labute approximate surface area is 176 Å². The molecule has 1 N–H and O–H groups in total. The molecule has 4 rings (SSSR count). The van der Waals surface area contributed by atoms with Crippen LogP contribution in [0.2, 0.25) is 0 Å². The van der Waals surface area contributed by atoms with E-state index in [1.165, 1.54) is 0 Å². The van der Waals surface area contributed by atoms with E-state index >= 15 is 0 Å². The van der Waals surface area contributed by atoms with Crippen molar-refractivity contribution in [1.29, 1.82) is 0 Å². The molecular weight excluding hydrogens is 380 g/mol. The molecule has 2 atom stereocenters. The van der Waals surface area contributed by atoms with Gasteiger partial charge in [-0.2, -0.15) is 0 Å². The van der Waals surface area contributed by atoms with Crippen LogP contribution in [-0.4, -0.2) is 48.3 Å². The zero-order valence-corrected chi connectivity index (χ0v) is 17.2. The lowest BCUT2D eigenvalue weighted by Gasteiger charge is -2.37. The number of piperidine rings is 1. The van der Waals surface area contributed by atoms with Crippen molar-refractivity contribution in [3.63, 3.8) is 0 Å². The highest BCUT2D eigenvalue weighted by Crippen LogP contribution is 2.41. The molecule has 0 radical (unpaired) electrons. The number of aliphatic carboxylic acids is 1. The van der Waals surface area contributed by atoms with Gasteiger partial charge in [-0.05, 0) is 37.6 Å². The van der Waals surface area contributed by atoms with Crippen LogP contribution in [0.15, 0.2) is 54.6 Å². The Hall–Kier alpha value is -3.12. The Bertz CT molecular complexity index is 1050. The molecule has 2 heterocycles. The molecular formula is C24H26N2O4. The number of fused-ring (bicyclic) bond motifs is 1. The number of nitrogens with zero attached hydrogens (tertiary/aromatic N) is 2. The van der Waals surface area contributed by atoms with Crippen LogP contribution in [0.25, 0.3) is 10.9 Å². The van der Waals surface area contributed by atoms with Crippen LogP contribution < -0.4 is 9.47 Å². The number of para-hydroxylation sites is 2. The third-order valence-corrected chi connectivity index (χ3v) is 5.80. The predicted octanol–water partition coefficient (Wildman–Crippen LogP) is 4.14. The van der Waals surface area contributed by atoms with E-state index in [4.69, 9.17) is 14.5 Å². The number of pyridine rings is 1. The van der Waals surface area contributed by atoms with Crippen molar-refractivity contribution < 1.29 is 19.4 Å². The molecule has 0 bridgehead atoms. The zero-order valence-electron chi connectivity index (χ0n) is 17.2. The molecule has 2 unspecified atom stereocenters. The zero-order chi connectivity index (χ0) is 21.1. The standard InChI is InChI=1S/C24H26N2O4/c1-29-21-11-5-9-18(23(21)30-2)22(26-14-6-8-17(15-26)24(27)28)20-13-12-16-7-3-4-10-19(16)25-20/h3-5,7,9-13,17,22H,6,8,14-15H2,1-2H3,(H,27,28). The highest BCUT2D eigenvalue weighted by atomic mass is 16.5. The predicted molar refractivity (Wildman–Crippen MR) is 115 cm³/mol. The lowest BCUT2D eigenvalue weighted by atomic mass is 9.92. The van der Waals surface area contributed by atoms with E-state index in [1.807, 2.05) is 48.5 Å². The molecule has 0 amide bonds. The van der Waals surface area contributed by atoms with E-state index in [0.717, 1.165) is 35.1 Å². The van der Waals surface area contributed by atoms with E-state index in [0.29, 0.717) is 24.5 Å². The van der Waals surface area contributed by atoms with Crippen molar-refractivity contribution in [2.24, 2.45) is 5.92 Å². The maximum absolute atomic E-state index is 11.7. The molecule has 1 aromatic heterocycles. The third-order valence-electron chi connectivity index (χ3n) is 5.80. The van der Waals surface area contributed by atoms with Crippen molar-refractivity contribution in [2.45, 2.75) is 18.9 Å². The van der Waals surface area contributed by atoms with Gasteiger partial charge in [0.1, 0.15) is 0 Å². The summed E-state index contributed by atoms with van der Waals surface area (Å²) >= 11 is 0. The maximum atomic E-state index is 11.7. The molecule has 0 saturated carbocycles. The summed E-state index contributed by atoms with van der Waals surface area (Å²) in [5.74, 6) is 0.158. The van der Waals surface area contributed by atoms with Crippen LogP contribution in [-0.2, 0) is 4.79 Å². The van der Waals surface area contributed by atoms with Crippen LogP contribution in [0, 0.1) is 5.92 Å². The van der Waals surface area contributed by atoms with Gasteiger partial charge in [0.05, 0.1) is 37.4 Å². The van der Waals surface area contributed by atoms with Crippen LogP contribution in [0.4, 0.5) is 0 Å². The van der Waals surface area contributed by atoms with Crippen LogP contribution in [0.3, 0.4) is 0 Å². The minimum absolute atomic E-state index is 0.234. The molecule has 0 aliphatic carbocycles. The normalized spacial score (nSPS) is 18.1. The van der Waals surface area contributed by atoms with Crippen LogP contribution >= 0.6 is 0 Å². The van der Waals surface area contributed by atoms with Crippen LogP contribution in [0.5, 0.6) is 11.5 Å². The number of carboxylic acids is 1. The summed E-state index contributed by atoms with van der Waals surface area (Å²) in [6.07, 6.45) is 1.52. The first-order valence-corrected chi connectivity index (χ1v) is 10.2. The third kappa shape index (κ3) is 3.83. The SMILES string of the molecule is COc1cccc(C(c2ccc3ccccc3n2)N2CCCC(C(=O)O)C2)c1OC. The number of methoxy groups -OCH3 is 2. The van der Waals surface area contributed by atoms with Crippen LogP contribution in [0.1, 0.15) is 30.1 Å². The lowest BCUT2D eigenvalue weighted by Crippen LogP contribution is -2.41. The van der Waals surface area contributed by atoms with Crippen molar-refractivity contribution in [1.82, 2.24) is 9.88 Å². The fraction of sp³-hybridized carbons (Fsp3) is 0.333. The number of hydrogen-bond acceptors (Lipinski definition) is 5. The highest BCUT2D eigenvalue weighted by molar-refractivity contribution is 5.78. The number of aromatic nitrogens is 1. The molecule has 6 heteroatoms. The van der Waals surface area contributed by atoms with E-state index in [1.54, 1.807) is 14.2 Å². The van der Waals surface area contributed by atoms with E-state index in [-0.39, 0.29) is 6.04 Å². The first-order valence-electron chi connectivity index (χ1n) is 10.2. The summed E-state index contributed by atoms with van der Waals surface area (Å²) in [7, 11) is 3.24. The molecule has 1 aliphatic rings. The molecule has 0 spiro atoms. The molecule has 1 aliphatic heterocycles. The number of benzene rings is 2. The van der Waals surface area contributed by atoms with Crippen molar-refractivity contribution in [3.8, 4) is 11.5 Å². The second-order valence-electron chi connectivity index (χ2n) is 7.59. The van der Waals surface area contributed by atoms with Crippen molar-refractivity contribution in [3.05, 3.63) is 65.9 Å². The quantitative estimate of drug-likeness (QED) is 0.663. The molecule has 1 fully saturated rings. The Balaban J connectivity index is 1.85. The summed E-state index contributed by atoms with van der Waals surface area (Å²) in [6.45, 7) is 1.26. The molecule has 2 aromatic carbocycles. The second-order valence-corrected chi connectivity index (χ2v) is 7.59. The number of hydrogen-bond donors (Lipinski definition) is 1. The summed E-state index contributed by atoms with van der Waals surface area (Å²) in [5, 5.41) is 10.7. The summed E-state index contributed by atoms with van der Waals surface area (Å²) in [4.78, 5) is 18.9. The van der Waals surface area contributed by atoms with Crippen molar-refractivity contribution >= 4 is 16.9 Å². The Morgan fingerprint density at radius 2 is 1.93 bits per heavy atom. The minimum atomic E-state index is -0.748. The molecule has 6 nitrogen and oxygen atoms in total. The summed E-state index contributed by atoms with van der Waals surface area (Å²) < 4.78 is 11.2. The number of carbonyl (C=O) groups is 1. The monoisotopic (exact) mass is 406 g/mol. The highest BCUT2D eigenvalue weighted by Gasteiger charge is 2.34. The number of carboxylic acid groups (broad SMARTS) is 1. The minimum Gasteiger partial charge on any atom is -0.493 e. The number of ether oxygens (including phenoxy) is 2. The van der Waals surface area contributed by atoms with Gasteiger partial charge in [-0.15, -0.1) is 0 Å². The van der Waals surface area contributed by atoms with Gasteiger partial charge in [0.15, 0.2) is 11.5 Å². The average Bonchev–Trinajstić information content (AvgIpc) is 2.79. The Morgan fingerprint density at radius 1 is 1.10 bits per heavy atom. The van der Waals surface area contributed by atoms with Gasteiger partial charge in [-0.3, -0.25) is 14.7 Å². The Morgan fingerprint density at radius 3 is 2.70 bits per heavy atom. The van der Waals surface area contributed by atoms with E-state index in [9.17, 15) is 9.90 Å². The summed E-state index contributed by atoms with van der Waals surface area (Å²) in [6, 6.07) is 17.7. The number of rotatable bonds is 6. The van der Waals surface area contributed by atoms with Gasteiger partial charge >= 0.3 is 5.97 Å². The molecule has 30 heavy (non-hydrogen) atoms. The van der Waals surface area contributed by atoms with Gasteiger partial charge in [-0.1, -0.05) is 36.4 Å². The fourth-order valence-corrected chi connectivity index (χ4v) is 4.35.